The quantitative estimate of drug-likeness (QED) is 0.788. The Bertz CT molecular complexity index is 714. The molecule has 0 amide bonds. The molecule has 0 saturated heterocycles. The first-order valence-corrected chi connectivity index (χ1v) is 6.94. The number of rotatable bonds is 4. The van der Waals surface area contributed by atoms with Crippen LogP contribution in [0.1, 0.15) is 0 Å². The van der Waals surface area contributed by atoms with E-state index in [4.69, 9.17) is 0 Å². The van der Waals surface area contributed by atoms with Crippen LogP contribution in [0.3, 0.4) is 0 Å². The molecule has 3 aromatic rings. The van der Waals surface area contributed by atoms with Crippen LogP contribution >= 0.6 is 11.3 Å². The van der Waals surface area contributed by atoms with Crippen LogP contribution in [0, 0.1) is 0 Å². The van der Waals surface area contributed by atoms with Gasteiger partial charge in [0, 0.05) is 5.39 Å². The van der Waals surface area contributed by atoms with Crippen molar-refractivity contribution < 1.29 is 8.78 Å². The molecule has 0 spiro atoms. The van der Waals surface area contributed by atoms with Gasteiger partial charge in [0.2, 0.25) is 0 Å². The van der Waals surface area contributed by atoms with Crippen molar-refractivity contribution >= 4 is 28.1 Å². The van der Waals surface area contributed by atoms with Crippen LogP contribution in [0.2, 0.25) is 0 Å². The zero-order valence-electron chi connectivity index (χ0n) is 10.4. The third kappa shape index (κ3) is 2.60. The Labute approximate surface area is 118 Å². The predicted octanol–water partition coefficient (Wildman–Crippen LogP) is 4.04. The lowest BCUT2D eigenvalue weighted by Gasteiger charge is -2.09. The second-order valence-corrected chi connectivity index (χ2v) is 5.11. The maximum Gasteiger partial charge on any atom is 0.255 e. The van der Waals surface area contributed by atoms with Gasteiger partial charge in [0.05, 0.1) is 16.9 Å². The van der Waals surface area contributed by atoms with Gasteiger partial charge in [-0.2, -0.15) is 0 Å². The molecule has 102 valence electrons. The molecule has 1 N–H and O–H groups in total. The molecule has 20 heavy (non-hydrogen) atoms. The Balaban J connectivity index is 2.10. The Hall–Kier alpha value is -2.08. The molecule has 6 heteroatoms. The minimum absolute atomic E-state index is 0.426. The van der Waals surface area contributed by atoms with E-state index >= 15 is 0 Å². The minimum Gasteiger partial charge on any atom is -0.364 e. The molecule has 3 rings (SSSR count). The first-order valence-electron chi connectivity index (χ1n) is 6.07. The number of aromatic nitrogens is 2. The van der Waals surface area contributed by atoms with Gasteiger partial charge in [-0.05, 0) is 23.6 Å². The first kappa shape index (κ1) is 12.9. The second-order valence-electron chi connectivity index (χ2n) is 4.16. The fraction of sp³-hybridized carbons (Fsp3) is 0.143. The smallest absolute Gasteiger partial charge is 0.255 e. The molecule has 2 aromatic heterocycles. The number of thiophene rings is 1. The van der Waals surface area contributed by atoms with E-state index in [1.807, 2.05) is 41.8 Å². The van der Waals surface area contributed by atoms with Gasteiger partial charge in [0.25, 0.3) is 6.43 Å². The normalized spacial score (nSPS) is 11.2. The van der Waals surface area contributed by atoms with Crippen LogP contribution in [0.5, 0.6) is 0 Å². The predicted molar refractivity (Wildman–Crippen MR) is 77.3 cm³/mol. The molecule has 0 fully saturated rings. The van der Waals surface area contributed by atoms with Gasteiger partial charge in [-0.1, -0.05) is 18.2 Å². The van der Waals surface area contributed by atoms with Crippen LogP contribution in [0.4, 0.5) is 14.6 Å². The highest BCUT2D eigenvalue weighted by molar-refractivity contribution is 7.13. The number of nitrogens with zero attached hydrogens (tertiary/aromatic N) is 2. The number of fused-ring (bicyclic) bond motifs is 1. The number of hydrogen-bond acceptors (Lipinski definition) is 4. The number of anilines is 1. The van der Waals surface area contributed by atoms with E-state index in [1.165, 1.54) is 11.3 Å². The summed E-state index contributed by atoms with van der Waals surface area (Å²) in [5, 5.41) is 5.37. The molecule has 0 radical (unpaired) electrons. The molecule has 3 nitrogen and oxygen atoms in total. The molecule has 2 heterocycles. The van der Waals surface area contributed by atoms with E-state index < -0.39 is 13.0 Å². The Kier molecular flexibility index (Phi) is 3.56. The van der Waals surface area contributed by atoms with Crippen molar-refractivity contribution in [3.63, 3.8) is 0 Å². The number of benzene rings is 1. The molecule has 0 saturated carbocycles. The summed E-state index contributed by atoms with van der Waals surface area (Å²) in [6.45, 7) is -0.426. The van der Waals surface area contributed by atoms with Gasteiger partial charge in [-0.25, -0.2) is 18.7 Å². The standard InChI is InChI=1S/C14H11F2N3S/c15-12(16)8-17-13-9-4-1-2-5-10(9)18-14(19-13)11-6-3-7-20-11/h1-7,12H,8H2,(H,17,18,19). The Morgan fingerprint density at radius 3 is 2.70 bits per heavy atom. The number of para-hydroxylation sites is 1. The molecule has 0 aliphatic carbocycles. The van der Waals surface area contributed by atoms with Gasteiger partial charge in [-0.3, -0.25) is 0 Å². The zero-order chi connectivity index (χ0) is 13.9. The lowest BCUT2D eigenvalue weighted by molar-refractivity contribution is 0.163. The van der Waals surface area contributed by atoms with Crippen molar-refractivity contribution in [1.29, 1.82) is 0 Å². The van der Waals surface area contributed by atoms with Crippen molar-refractivity contribution in [3.05, 3.63) is 41.8 Å². The lowest BCUT2D eigenvalue weighted by atomic mass is 10.2. The Morgan fingerprint density at radius 1 is 1.10 bits per heavy atom. The summed E-state index contributed by atoms with van der Waals surface area (Å²) in [6, 6.07) is 11.2. The third-order valence-electron chi connectivity index (χ3n) is 2.77. The van der Waals surface area contributed by atoms with Gasteiger partial charge in [0.1, 0.15) is 5.82 Å². The second kappa shape index (κ2) is 5.50. The molecule has 0 aliphatic rings. The maximum absolute atomic E-state index is 12.4. The molecular formula is C14H11F2N3S. The zero-order valence-corrected chi connectivity index (χ0v) is 11.2. The van der Waals surface area contributed by atoms with Crippen molar-refractivity contribution in [2.24, 2.45) is 0 Å². The van der Waals surface area contributed by atoms with E-state index in [0.29, 0.717) is 11.6 Å². The average Bonchev–Trinajstić information content (AvgIpc) is 2.98. The summed E-state index contributed by atoms with van der Waals surface area (Å²) >= 11 is 1.52. The summed E-state index contributed by atoms with van der Waals surface area (Å²) in [5.41, 5.74) is 0.739. The van der Waals surface area contributed by atoms with Gasteiger partial charge in [0.15, 0.2) is 5.82 Å². The molecular weight excluding hydrogens is 280 g/mol. The van der Waals surface area contributed by atoms with Gasteiger partial charge < -0.3 is 5.32 Å². The molecule has 0 atom stereocenters. The van der Waals surface area contributed by atoms with E-state index in [2.05, 4.69) is 15.3 Å². The van der Waals surface area contributed by atoms with Crippen LogP contribution in [0.15, 0.2) is 41.8 Å². The van der Waals surface area contributed by atoms with Crippen molar-refractivity contribution in [2.75, 3.05) is 11.9 Å². The topological polar surface area (TPSA) is 37.8 Å². The van der Waals surface area contributed by atoms with Gasteiger partial charge in [-0.15, -0.1) is 11.3 Å². The molecule has 0 bridgehead atoms. The van der Waals surface area contributed by atoms with E-state index in [0.717, 1.165) is 15.8 Å². The summed E-state index contributed by atoms with van der Waals surface area (Å²) in [5.74, 6) is 0.995. The van der Waals surface area contributed by atoms with Gasteiger partial charge >= 0.3 is 0 Å². The SMILES string of the molecule is FC(F)CNc1nc(-c2cccs2)nc2ccccc12. The van der Waals surface area contributed by atoms with Crippen molar-refractivity contribution in [3.8, 4) is 10.7 Å². The third-order valence-corrected chi connectivity index (χ3v) is 3.63. The van der Waals surface area contributed by atoms with Crippen LogP contribution in [0.25, 0.3) is 21.6 Å². The fourth-order valence-corrected chi connectivity index (χ4v) is 2.56. The summed E-state index contributed by atoms with van der Waals surface area (Å²) in [6.07, 6.45) is -2.42. The fourth-order valence-electron chi connectivity index (χ4n) is 1.90. The number of nitrogens with one attached hydrogen (secondary N) is 1. The lowest BCUT2D eigenvalue weighted by Crippen LogP contribution is -2.12. The van der Waals surface area contributed by atoms with E-state index in [9.17, 15) is 8.78 Å². The van der Waals surface area contributed by atoms with Crippen LogP contribution in [-0.4, -0.2) is 22.9 Å². The van der Waals surface area contributed by atoms with E-state index in [1.54, 1.807) is 0 Å². The van der Waals surface area contributed by atoms with Crippen LogP contribution in [-0.2, 0) is 0 Å². The van der Waals surface area contributed by atoms with Crippen molar-refractivity contribution in [2.45, 2.75) is 6.43 Å². The maximum atomic E-state index is 12.4. The number of halogens is 2. The summed E-state index contributed by atoms with van der Waals surface area (Å²) < 4.78 is 24.8. The Morgan fingerprint density at radius 2 is 1.95 bits per heavy atom. The largest absolute Gasteiger partial charge is 0.364 e. The highest BCUT2D eigenvalue weighted by Gasteiger charge is 2.11. The number of hydrogen-bond donors (Lipinski definition) is 1. The molecule has 0 aliphatic heterocycles. The van der Waals surface area contributed by atoms with Crippen LogP contribution < -0.4 is 5.32 Å². The first-order chi connectivity index (χ1) is 9.74. The monoisotopic (exact) mass is 291 g/mol. The average molecular weight is 291 g/mol. The minimum atomic E-state index is -2.42. The molecule has 0 unspecified atom stereocenters. The highest BCUT2D eigenvalue weighted by Crippen LogP contribution is 2.27. The highest BCUT2D eigenvalue weighted by atomic mass is 32.1. The van der Waals surface area contributed by atoms with E-state index in [-0.39, 0.29) is 0 Å². The summed E-state index contributed by atoms with van der Waals surface area (Å²) in [4.78, 5) is 9.76. The summed E-state index contributed by atoms with van der Waals surface area (Å²) in [7, 11) is 0. The number of alkyl halides is 2. The van der Waals surface area contributed by atoms with Crippen molar-refractivity contribution in [1.82, 2.24) is 9.97 Å². The molecule has 1 aromatic carbocycles.